The Balaban J connectivity index is 1.93. The van der Waals surface area contributed by atoms with Crippen LogP contribution in [0.2, 0.25) is 0 Å². The average Bonchev–Trinajstić information content (AvgIpc) is 3.02. The number of aromatic hydroxyl groups is 1. The Morgan fingerprint density at radius 2 is 2.13 bits per heavy atom. The van der Waals surface area contributed by atoms with Gasteiger partial charge in [0.1, 0.15) is 11.5 Å². The minimum atomic E-state index is 0.266. The lowest BCUT2D eigenvalue weighted by molar-refractivity contribution is 0.247. The molecule has 0 radical (unpaired) electrons. The Kier molecular flexibility index (Phi) is 2.06. The number of hydrogen-bond donors (Lipinski definition) is 2. The molecule has 1 unspecified atom stereocenters. The maximum Gasteiger partial charge on any atom is 0.127 e. The quantitative estimate of drug-likeness (QED) is 0.775. The lowest BCUT2D eigenvalue weighted by atomic mass is 9.99. The molecule has 3 rings (SSSR count). The summed E-state index contributed by atoms with van der Waals surface area (Å²) >= 11 is 0. The first-order valence-electron chi connectivity index (χ1n) is 5.55. The van der Waals surface area contributed by atoms with E-state index in [9.17, 15) is 5.11 Å². The summed E-state index contributed by atoms with van der Waals surface area (Å²) in [5, 5.41) is 13.4. The van der Waals surface area contributed by atoms with Crippen LogP contribution in [0.3, 0.4) is 0 Å². The van der Waals surface area contributed by atoms with Gasteiger partial charge in [-0.1, -0.05) is 6.07 Å². The number of benzene rings is 1. The van der Waals surface area contributed by atoms with E-state index in [4.69, 9.17) is 4.74 Å². The third-order valence-electron chi connectivity index (χ3n) is 3.07. The van der Waals surface area contributed by atoms with E-state index in [-0.39, 0.29) is 6.04 Å². The van der Waals surface area contributed by atoms with E-state index in [1.807, 2.05) is 12.1 Å². The fraction of sp³-hybridized carbons (Fsp3) is 0.500. The van der Waals surface area contributed by atoms with Gasteiger partial charge in [-0.05, 0) is 25.0 Å². The largest absolute Gasteiger partial charge is 0.507 e. The van der Waals surface area contributed by atoms with Crippen LogP contribution in [0, 0.1) is 0 Å². The van der Waals surface area contributed by atoms with Gasteiger partial charge in [-0.25, -0.2) is 0 Å². The molecule has 1 aliphatic heterocycles. The van der Waals surface area contributed by atoms with Crippen LogP contribution < -0.4 is 10.1 Å². The van der Waals surface area contributed by atoms with E-state index < -0.39 is 0 Å². The number of phenolic OH excluding ortho intramolecular Hbond substituents is 1. The Bertz CT molecular complexity index is 374. The molecular weight excluding hydrogens is 190 g/mol. The van der Waals surface area contributed by atoms with Crippen molar-refractivity contribution in [3.05, 3.63) is 23.8 Å². The molecule has 1 heterocycles. The first-order valence-corrected chi connectivity index (χ1v) is 5.55. The van der Waals surface area contributed by atoms with E-state index in [1.165, 1.54) is 12.8 Å². The molecule has 1 aromatic carbocycles. The van der Waals surface area contributed by atoms with Gasteiger partial charge >= 0.3 is 0 Å². The van der Waals surface area contributed by atoms with Crippen LogP contribution in [0.1, 0.15) is 30.9 Å². The highest BCUT2D eigenvalue weighted by atomic mass is 16.5. The minimum absolute atomic E-state index is 0.266. The van der Waals surface area contributed by atoms with Crippen molar-refractivity contribution in [3.8, 4) is 11.5 Å². The first-order chi connectivity index (χ1) is 7.34. The van der Waals surface area contributed by atoms with Crippen LogP contribution in [0.25, 0.3) is 0 Å². The summed E-state index contributed by atoms with van der Waals surface area (Å²) in [5.41, 5.74) is 0.940. The Labute approximate surface area is 89.1 Å². The normalized spacial score (nSPS) is 24.4. The van der Waals surface area contributed by atoms with Crippen LogP contribution >= 0.6 is 0 Å². The molecule has 1 aliphatic carbocycles. The molecule has 0 amide bonds. The minimum Gasteiger partial charge on any atom is -0.507 e. The number of fused-ring (bicyclic) bond motifs is 1. The lowest BCUT2D eigenvalue weighted by Gasteiger charge is -2.27. The Hall–Kier alpha value is -1.22. The van der Waals surface area contributed by atoms with Crippen molar-refractivity contribution in [2.45, 2.75) is 31.3 Å². The molecule has 2 N–H and O–H groups in total. The molecule has 80 valence electrons. The van der Waals surface area contributed by atoms with Gasteiger partial charge in [-0.15, -0.1) is 0 Å². The number of hydrogen-bond acceptors (Lipinski definition) is 3. The second-order valence-corrected chi connectivity index (χ2v) is 4.32. The SMILES string of the molecule is Oc1cccc2c1C(NC1CC1)CCO2. The van der Waals surface area contributed by atoms with E-state index in [0.717, 1.165) is 24.3 Å². The summed E-state index contributed by atoms with van der Waals surface area (Å²) < 4.78 is 5.54. The van der Waals surface area contributed by atoms with E-state index in [0.29, 0.717) is 11.8 Å². The fourth-order valence-corrected chi connectivity index (χ4v) is 2.14. The van der Waals surface area contributed by atoms with Gasteiger partial charge in [0.05, 0.1) is 12.2 Å². The van der Waals surface area contributed by atoms with Crippen LogP contribution in [0.5, 0.6) is 11.5 Å². The molecule has 3 nitrogen and oxygen atoms in total. The summed E-state index contributed by atoms with van der Waals surface area (Å²) in [4.78, 5) is 0. The van der Waals surface area contributed by atoms with Crippen molar-refractivity contribution in [2.75, 3.05) is 6.61 Å². The molecule has 0 aromatic heterocycles. The molecule has 0 saturated heterocycles. The predicted octanol–water partition coefficient (Wildman–Crippen LogP) is 1.97. The van der Waals surface area contributed by atoms with Crippen molar-refractivity contribution >= 4 is 0 Å². The maximum absolute atomic E-state index is 9.84. The highest BCUT2D eigenvalue weighted by Crippen LogP contribution is 2.39. The van der Waals surface area contributed by atoms with Gasteiger partial charge in [0.25, 0.3) is 0 Å². The predicted molar refractivity (Wildman–Crippen MR) is 57.1 cm³/mol. The van der Waals surface area contributed by atoms with E-state index in [2.05, 4.69) is 5.32 Å². The number of ether oxygens (including phenoxy) is 1. The molecule has 1 saturated carbocycles. The zero-order chi connectivity index (χ0) is 10.3. The number of nitrogens with one attached hydrogen (secondary N) is 1. The van der Waals surface area contributed by atoms with Crippen LogP contribution in [-0.2, 0) is 0 Å². The zero-order valence-corrected chi connectivity index (χ0v) is 8.57. The topological polar surface area (TPSA) is 41.5 Å². The molecule has 1 fully saturated rings. The first kappa shape index (κ1) is 9.04. The molecule has 2 aliphatic rings. The molecule has 15 heavy (non-hydrogen) atoms. The van der Waals surface area contributed by atoms with Gasteiger partial charge in [0.2, 0.25) is 0 Å². The second kappa shape index (κ2) is 3.42. The summed E-state index contributed by atoms with van der Waals surface area (Å²) in [6.07, 6.45) is 3.47. The Morgan fingerprint density at radius 3 is 2.93 bits per heavy atom. The molecule has 0 bridgehead atoms. The van der Waals surface area contributed by atoms with Crippen LogP contribution in [0.4, 0.5) is 0 Å². The van der Waals surface area contributed by atoms with Gasteiger partial charge < -0.3 is 15.2 Å². The molecule has 3 heteroatoms. The molecular formula is C12H15NO2. The summed E-state index contributed by atoms with van der Waals surface area (Å²) in [6, 6.07) is 6.40. The number of phenols is 1. The smallest absolute Gasteiger partial charge is 0.127 e. The van der Waals surface area contributed by atoms with Gasteiger partial charge in [-0.3, -0.25) is 0 Å². The van der Waals surface area contributed by atoms with E-state index >= 15 is 0 Å². The zero-order valence-electron chi connectivity index (χ0n) is 8.57. The second-order valence-electron chi connectivity index (χ2n) is 4.32. The summed E-state index contributed by atoms with van der Waals surface area (Å²) in [7, 11) is 0. The van der Waals surface area contributed by atoms with Crippen molar-refractivity contribution in [2.24, 2.45) is 0 Å². The van der Waals surface area contributed by atoms with Gasteiger partial charge in [0.15, 0.2) is 0 Å². The third kappa shape index (κ3) is 1.67. The molecule has 0 spiro atoms. The van der Waals surface area contributed by atoms with Crippen molar-refractivity contribution in [1.29, 1.82) is 0 Å². The highest BCUT2D eigenvalue weighted by Gasteiger charge is 2.30. The van der Waals surface area contributed by atoms with Crippen LogP contribution in [0.15, 0.2) is 18.2 Å². The summed E-state index contributed by atoms with van der Waals surface area (Å²) in [6.45, 7) is 0.737. The third-order valence-corrected chi connectivity index (χ3v) is 3.07. The van der Waals surface area contributed by atoms with Crippen molar-refractivity contribution in [1.82, 2.24) is 5.32 Å². The average molecular weight is 205 g/mol. The highest BCUT2D eigenvalue weighted by molar-refractivity contribution is 5.47. The van der Waals surface area contributed by atoms with Gasteiger partial charge in [0, 0.05) is 18.5 Å². The fourth-order valence-electron chi connectivity index (χ4n) is 2.14. The standard InChI is InChI=1S/C12H15NO2/c14-10-2-1-3-11-12(10)9(6-7-15-11)13-8-4-5-8/h1-3,8-9,13-14H,4-7H2. The molecule has 1 atom stereocenters. The Morgan fingerprint density at radius 1 is 1.27 bits per heavy atom. The van der Waals surface area contributed by atoms with Crippen molar-refractivity contribution < 1.29 is 9.84 Å². The maximum atomic E-state index is 9.84. The van der Waals surface area contributed by atoms with Crippen LogP contribution in [-0.4, -0.2) is 17.8 Å². The monoisotopic (exact) mass is 205 g/mol. The summed E-state index contributed by atoms with van der Waals surface area (Å²) in [5.74, 6) is 1.18. The lowest BCUT2D eigenvalue weighted by Crippen LogP contribution is -2.28. The van der Waals surface area contributed by atoms with E-state index in [1.54, 1.807) is 6.07 Å². The number of rotatable bonds is 2. The van der Waals surface area contributed by atoms with Crippen molar-refractivity contribution in [3.63, 3.8) is 0 Å². The van der Waals surface area contributed by atoms with Gasteiger partial charge in [-0.2, -0.15) is 0 Å². The molecule has 1 aromatic rings.